The number of amides is 1. The first-order valence-electron chi connectivity index (χ1n) is 4.60. The molecular formula is C10H12N2O4S. The van der Waals surface area contributed by atoms with Gasteiger partial charge >= 0.3 is 0 Å². The average Bonchev–Trinajstić information content (AvgIpc) is 2.15. The molecule has 0 unspecified atom stereocenters. The number of phenols is 1. The Hall–Kier alpha value is -1.89. The standard InChI is InChI=1S/C10H12N2O4S/c1-6(11)12-10(14)8-5-7(17(2,15)16)3-4-9(8)13/h3-5,13H,1-2H3,(H2,11,12,14). The Labute approximate surface area is 98.7 Å². The monoisotopic (exact) mass is 256 g/mol. The van der Waals surface area contributed by atoms with Crippen molar-refractivity contribution < 1.29 is 18.3 Å². The van der Waals surface area contributed by atoms with Crippen LogP contribution in [0.25, 0.3) is 0 Å². The van der Waals surface area contributed by atoms with Crippen LogP contribution in [0.1, 0.15) is 17.3 Å². The smallest absolute Gasteiger partial charge is 0.282 e. The third-order valence-corrected chi connectivity index (χ3v) is 3.01. The number of aliphatic imine (C=N–C) groups is 1. The van der Waals surface area contributed by atoms with Crippen LogP contribution in [0.5, 0.6) is 5.75 Å². The summed E-state index contributed by atoms with van der Waals surface area (Å²) in [6.45, 7) is 1.41. The topological polar surface area (TPSA) is 110 Å². The second-order valence-electron chi connectivity index (χ2n) is 3.51. The molecule has 0 atom stereocenters. The summed E-state index contributed by atoms with van der Waals surface area (Å²) in [5.41, 5.74) is 5.04. The van der Waals surface area contributed by atoms with Crippen molar-refractivity contribution in [3.63, 3.8) is 0 Å². The van der Waals surface area contributed by atoms with E-state index < -0.39 is 15.7 Å². The van der Waals surface area contributed by atoms with Crippen molar-refractivity contribution in [2.45, 2.75) is 11.8 Å². The number of rotatable bonds is 2. The zero-order chi connectivity index (χ0) is 13.2. The Morgan fingerprint density at radius 1 is 1.41 bits per heavy atom. The molecule has 0 aliphatic carbocycles. The number of nitrogens with zero attached hydrogens (tertiary/aromatic N) is 1. The molecule has 1 aromatic carbocycles. The van der Waals surface area contributed by atoms with Gasteiger partial charge < -0.3 is 10.8 Å². The molecule has 0 aliphatic rings. The van der Waals surface area contributed by atoms with Crippen molar-refractivity contribution >= 4 is 21.6 Å². The van der Waals surface area contributed by atoms with E-state index in [1.54, 1.807) is 0 Å². The third-order valence-electron chi connectivity index (χ3n) is 1.90. The number of benzene rings is 1. The van der Waals surface area contributed by atoms with Crippen LogP contribution in [0, 0.1) is 0 Å². The lowest BCUT2D eigenvalue weighted by Crippen LogP contribution is -2.10. The summed E-state index contributed by atoms with van der Waals surface area (Å²) < 4.78 is 22.6. The fourth-order valence-electron chi connectivity index (χ4n) is 1.14. The van der Waals surface area contributed by atoms with E-state index in [9.17, 15) is 18.3 Å². The van der Waals surface area contributed by atoms with Crippen LogP contribution in [-0.4, -0.2) is 31.5 Å². The van der Waals surface area contributed by atoms with Gasteiger partial charge in [-0.2, -0.15) is 4.99 Å². The summed E-state index contributed by atoms with van der Waals surface area (Å²) in [7, 11) is -3.45. The number of carbonyl (C=O) groups excluding carboxylic acids is 1. The Bertz CT molecular complexity index is 586. The van der Waals surface area contributed by atoms with Crippen LogP contribution < -0.4 is 5.73 Å². The first-order valence-corrected chi connectivity index (χ1v) is 6.49. The number of sulfone groups is 1. The molecule has 0 aromatic heterocycles. The zero-order valence-electron chi connectivity index (χ0n) is 9.34. The van der Waals surface area contributed by atoms with Gasteiger partial charge in [-0.05, 0) is 25.1 Å². The molecule has 17 heavy (non-hydrogen) atoms. The largest absolute Gasteiger partial charge is 0.507 e. The minimum absolute atomic E-state index is 0.0270. The molecule has 0 saturated heterocycles. The van der Waals surface area contributed by atoms with Crippen molar-refractivity contribution in [2.24, 2.45) is 10.7 Å². The van der Waals surface area contributed by atoms with Crippen LogP contribution in [0.4, 0.5) is 0 Å². The fraction of sp³-hybridized carbons (Fsp3) is 0.200. The quantitative estimate of drug-likeness (QED) is 0.584. The second-order valence-corrected chi connectivity index (χ2v) is 5.53. The number of aromatic hydroxyl groups is 1. The molecule has 1 rings (SSSR count). The van der Waals surface area contributed by atoms with Crippen molar-refractivity contribution in [1.29, 1.82) is 0 Å². The molecule has 0 saturated carbocycles. The lowest BCUT2D eigenvalue weighted by Gasteiger charge is -2.03. The number of phenolic OH excluding ortho intramolecular Hbond substituents is 1. The zero-order valence-corrected chi connectivity index (χ0v) is 10.2. The number of hydrogen-bond donors (Lipinski definition) is 2. The fourth-order valence-corrected chi connectivity index (χ4v) is 1.78. The molecule has 1 aromatic rings. The first kappa shape index (κ1) is 13.2. The van der Waals surface area contributed by atoms with E-state index in [0.29, 0.717) is 0 Å². The molecular weight excluding hydrogens is 244 g/mol. The summed E-state index contributed by atoms with van der Waals surface area (Å²) in [4.78, 5) is 14.9. The van der Waals surface area contributed by atoms with Crippen molar-refractivity contribution in [3.05, 3.63) is 23.8 Å². The Morgan fingerprint density at radius 3 is 2.47 bits per heavy atom. The highest BCUT2D eigenvalue weighted by atomic mass is 32.2. The van der Waals surface area contributed by atoms with Crippen LogP contribution >= 0.6 is 0 Å². The van der Waals surface area contributed by atoms with Crippen LogP contribution in [0.3, 0.4) is 0 Å². The van der Waals surface area contributed by atoms with Gasteiger partial charge in [0.15, 0.2) is 9.84 Å². The molecule has 1 amide bonds. The molecule has 0 fully saturated rings. The first-order chi connectivity index (χ1) is 7.71. The SMILES string of the molecule is CC(N)=NC(=O)c1cc(S(C)(=O)=O)ccc1O. The van der Waals surface area contributed by atoms with Gasteiger partial charge in [0.25, 0.3) is 5.91 Å². The molecule has 3 N–H and O–H groups in total. The average molecular weight is 256 g/mol. The molecule has 6 nitrogen and oxygen atoms in total. The minimum atomic E-state index is -3.45. The Morgan fingerprint density at radius 2 is 2.00 bits per heavy atom. The van der Waals surface area contributed by atoms with Gasteiger partial charge in [0.2, 0.25) is 0 Å². The summed E-state index contributed by atoms with van der Waals surface area (Å²) in [6, 6.07) is 3.41. The summed E-state index contributed by atoms with van der Waals surface area (Å²) in [5.74, 6) is -1.10. The maximum Gasteiger partial charge on any atom is 0.282 e. The highest BCUT2D eigenvalue weighted by Crippen LogP contribution is 2.22. The summed E-state index contributed by atoms with van der Waals surface area (Å²) >= 11 is 0. The predicted molar refractivity (Wildman–Crippen MR) is 62.8 cm³/mol. The van der Waals surface area contributed by atoms with Gasteiger partial charge in [-0.25, -0.2) is 8.42 Å². The van der Waals surface area contributed by atoms with Crippen molar-refractivity contribution in [3.8, 4) is 5.75 Å². The maximum absolute atomic E-state index is 11.5. The third kappa shape index (κ3) is 3.28. The van der Waals surface area contributed by atoms with Crippen LogP contribution in [0.2, 0.25) is 0 Å². The normalized spacial score (nSPS) is 12.5. The van der Waals surface area contributed by atoms with E-state index in [4.69, 9.17) is 5.73 Å². The van der Waals surface area contributed by atoms with E-state index in [2.05, 4.69) is 4.99 Å². The molecule has 0 radical (unpaired) electrons. The predicted octanol–water partition coefficient (Wildman–Crippen LogP) is 0.313. The second kappa shape index (κ2) is 4.54. The van der Waals surface area contributed by atoms with E-state index in [1.165, 1.54) is 13.0 Å². The maximum atomic E-state index is 11.5. The number of amidine groups is 1. The number of carbonyl (C=O) groups is 1. The Kier molecular flexibility index (Phi) is 3.52. The van der Waals surface area contributed by atoms with E-state index >= 15 is 0 Å². The molecule has 0 bridgehead atoms. The lowest BCUT2D eigenvalue weighted by molar-refractivity contribution is 0.1000. The highest BCUT2D eigenvalue weighted by Gasteiger charge is 2.15. The van der Waals surface area contributed by atoms with Crippen LogP contribution in [-0.2, 0) is 9.84 Å². The van der Waals surface area contributed by atoms with E-state index in [-0.39, 0.29) is 22.0 Å². The van der Waals surface area contributed by atoms with Crippen LogP contribution in [0.15, 0.2) is 28.1 Å². The van der Waals surface area contributed by atoms with Gasteiger partial charge in [0, 0.05) is 6.26 Å². The van der Waals surface area contributed by atoms with Crippen molar-refractivity contribution in [1.82, 2.24) is 0 Å². The number of nitrogens with two attached hydrogens (primary N) is 1. The number of hydrogen-bond acceptors (Lipinski definition) is 4. The molecule has 7 heteroatoms. The molecule has 0 aliphatic heterocycles. The molecule has 0 spiro atoms. The van der Waals surface area contributed by atoms with Crippen molar-refractivity contribution in [2.75, 3.05) is 6.26 Å². The Balaban J connectivity index is 3.35. The van der Waals surface area contributed by atoms with Gasteiger partial charge in [-0.3, -0.25) is 4.79 Å². The van der Waals surface area contributed by atoms with Gasteiger partial charge in [-0.15, -0.1) is 0 Å². The van der Waals surface area contributed by atoms with Gasteiger partial charge in [0.05, 0.1) is 10.5 Å². The van der Waals surface area contributed by atoms with Gasteiger partial charge in [0.1, 0.15) is 11.6 Å². The summed E-state index contributed by atoms with van der Waals surface area (Å²) in [5, 5.41) is 9.46. The van der Waals surface area contributed by atoms with E-state index in [0.717, 1.165) is 18.4 Å². The van der Waals surface area contributed by atoms with E-state index in [1.807, 2.05) is 0 Å². The summed E-state index contributed by atoms with van der Waals surface area (Å²) in [6.07, 6.45) is 1.01. The highest BCUT2D eigenvalue weighted by molar-refractivity contribution is 7.90. The van der Waals surface area contributed by atoms with Gasteiger partial charge in [-0.1, -0.05) is 0 Å². The lowest BCUT2D eigenvalue weighted by atomic mass is 10.2. The minimum Gasteiger partial charge on any atom is -0.507 e. The molecule has 0 heterocycles. The molecule has 92 valence electrons.